The molecule has 1 rings (SSSR count). The molecule has 0 aliphatic rings. The van der Waals surface area contributed by atoms with Crippen molar-refractivity contribution in [2.45, 2.75) is 32.1 Å². The van der Waals surface area contributed by atoms with E-state index in [-0.39, 0.29) is 0 Å². The maximum atomic E-state index is 12.5. The summed E-state index contributed by atoms with van der Waals surface area (Å²) in [6.45, 7) is 6.97. The molecule has 0 bridgehead atoms. The van der Waals surface area contributed by atoms with Crippen molar-refractivity contribution in [3.8, 4) is 11.8 Å². The fourth-order valence-electron chi connectivity index (χ4n) is 1.93. The molecule has 4 nitrogen and oxygen atoms in total. The summed E-state index contributed by atoms with van der Waals surface area (Å²) in [5.41, 5.74) is 7.00. The second-order valence-corrected chi connectivity index (χ2v) is 6.42. The summed E-state index contributed by atoms with van der Waals surface area (Å²) in [6, 6.07) is 5.03. The van der Waals surface area contributed by atoms with E-state index < -0.39 is 10.0 Å². The van der Waals surface area contributed by atoms with Crippen LogP contribution in [-0.4, -0.2) is 32.4 Å². The van der Waals surface area contributed by atoms with Crippen LogP contribution >= 0.6 is 0 Å². The van der Waals surface area contributed by atoms with Crippen molar-refractivity contribution in [3.63, 3.8) is 0 Å². The lowest BCUT2D eigenvalue weighted by Gasteiger charge is -2.20. The van der Waals surface area contributed by atoms with Gasteiger partial charge >= 0.3 is 0 Å². The third-order valence-electron chi connectivity index (χ3n) is 2.99. The monoisotopic (exact) mass is 294 g/mol. The van der Waals surface area contributed by atoms with Gasteiger partial charge < -0.3 is 5.73 Å². The van der Waals surface area contributed by atoms with Gasteiger partial charge in [-0.2, -0.15) is 4.31 Å². The molecular formula is C15H22N2O2S. The van der Waals surface area contributed by atoms with Crippen molar-refractivity contribution >= 4 is 10.0 Å². The van der Waals surface area contributed by atoms with Crippen LogP contribution < -0.4 is 5.73 Å². The van der Waals surface area contributed by atoms with Crippen LogP contribution in [0.15, 0.2) is 23.1 Å². The number of sulfonamides is 1. The minimum atomic E-state index is -3.41. The van der Waals surface area contributed by atoms with Crippen molar-refractivity contribution in [1.29, 1.82) is 0 Å². The van der Waals surface area contributed by atoms with Crippen LogP contribution in [0.2, 0.25) is 0 Å². The molecular weight excluding hydrogens is 272 g/mol. The van der Waals surface area contributed by atoms with Crippen LogP contribution in [0.4, 0.5) is 0 Å². The quantitative estimate of drug-likeness (QED) is 0.841. The molecule has 0 unspecified atom stereocenters. The van der Waals surface area contributed by atoms with E-state index in [2.05, 4.69) is 11.8 Å². The van der Waals surface area contributed by atoms with Crippen LogP contribution in [0, 0.1) is 18.8 Å². The van der Waals surface area contributed by atoms with Crippen molar-refractivity contribution < 1.29 is 8.42 Å². The number of aryl methyl sites for hydroxylation is 1. The minimum absolute atomic E-state index is 0.291. The molecule has 1 aromatic carbocycles. The number of benzene rings is 1. The highest BCUT2D eigenvalue weighted by Gasteiger charge is 2.22. The third-order valence-corrected chi connectivity index (χ3v) is 4.96. The second kappa shape index (κ2) is 7.44. The molecule has 20 heavy (non-hydrogen) atoms. The molecule has 0 spiro atoms. The Morgan fingerprint density at radius 1 is 1.30 bits per heavy atom. The second-order valence-electron chi connectivity index (χ2n) is 4.48. The fraction of sp³-hybridized carbons (Fsp3) is 0.467. The van der Waals surface area contributed by atoms with Crippen LogP contribution in [-0.2, 0) is 10.0 Å². The Hall–Kier alpha value is -1.35. The van der Waals surface area contributed by atoms with Crippen LogP contribution in [0.5, 0.6) is 0 Å². The molecule has 110 valence electrons. The predicted octanol–water partition coefficient (Wildman–Crippen LogP) is 1.73. The number of hydrogen-bond acceptors (Lipinski definition) is 3. The summed E-state index contributed by atoms with van der Waals surface area (Å²) in [4.78, 5) is 0.323. The molecule has 0 heterocycles. The Bertz CT molecular complexity index is 612. The number of nitrogens with zero attached hydrogens (tertiary/aromatic N) is 1. The van der Waals surface area contributed by atoms with Crippen molar-refractivity contribution in [2.75, 3.05) is 19.6 Å². The number of nitrogens with two attached hydrogens (primary N) is 1. The van der Waals surface area contributed by atoms with Crippen molar-refractivity contribution in [2.24, 2.45) is 5.73 Å². The summed E-state index contributed by atoms with van der Waals surface area (Å²) in [5.74, 6) is 5.71. The molecule has 0 aliphatic heterocycles. The zero-order valence-electron chi connectivity index (χ0n) is 12.3. The average Bonchev–Trinajstić information content (AvgIpc) is 2.43. The molecule has 0 aliphatic carbocycles. The van der Waals surface area contributed by atoms with E-state index in [0.29, 0.717) is 24.5 Å². The summed E-state index contributed by atoms with van der Waals surface area (Å²) in [7, 11) is -3.41. The van der Waals surface area contributed by atoms with E-state index in [9.17, 15) is 8.42 Å². The van der Waals surface area contributed by atoms with Gasteiger partial charge in [0.15, 0.2) is 0 Å². The lowest BCUT2D eigenvalue weighted by atomic mass is 10.1. The lowest BCUT2D eigenvalue weighted by molar-refractivity contribution is 0.427. The van der Waals surface area contributed by atoms with Gasteiger partial charge in [0.25, 0.3) is 0 Å². The first-order valence-corrected chi connectivity index (χ1v) is 8.21. The first-order valence-electron chi connectivity index (χ1n) is 6.77. The number of rotatable bonds is 5. The summed E-state index contributed by atoms with van der Waals surface area (Å²) >= 11 is 0. The van der Waals surface area contributed by atoms with Gasteiger partial charge in [0.05, 0.1) is 11.4 Å². The van der Waals surface area contributed by atoms with Gasteiger partial charge in [-0.1, -0.05) is 25.7 Å². The molecule has 0 saturated carbocycles. The Balaban J connectivity index is 3.17. The lowest BCUT2D eigenvalue weighted by Crippen LogP contribution is -2.31. The first-order chi connectivity index (χ1) is 9.47. The normalized spacial score (nSPS) is 11.2. The summed E-state index contributed by atoms with van der Waals surface area (Å²) in [6.07, 6.45) is 0.798. The Labute approximate surface area is 122 Å². The van der Waals surface area contributed by atoms with Gasteiger partial charge in [-0.15, -0.1) is 0 Å². The maximum absolute atomic E-state index is 12.5. The van der Waals surface area contributed by atoms with Gasteiger partial charge in [-0.05, 0) is 37.1 Å². The zero-order valence-corrected chi connectivity index (χ0v) is 13.1. The van der Waals surface area contributed by atoms with E-state index in [4.69, 9.17) is 5.73 Å². The molecule has 0 saturated heterocycles. The van der Waals surface area contributed by atoms with E-state index >= 15 is 0 Å². The largest absolute Gasteiger partial charge is 0.320 e. The highest BCUT2D eigenvalue weighted by atomic mass is 32.2. The highest BCUT2D eigenvalue weighted by molar-refractivity contribution is 7.89. The molecule has 0 amide bonds. The standard InChI is InChI=1S/C15H22N2O2S/c1-4-11-17(5-2)20(18,19)15-9-8-14(7-6-10-16)13(3)12-15/h8-9,12H,4-5,10-11,16H2,1-3H3. The van der Waals surface area contributed by atoms with Gasteiger partial charge in [0.2, 0.25) is 10.0 Å². The van der Waals surface area contributed by atoms with Gasteiger partial charge in [0, 0.05) is 18.7 Å². The van der Waals surface area contributed by atoms with Crippen LogP contribution in [0.1, 0.15) is 31.4 Å². The first kappa shape index (κ1) is 16.7. The maximum Gasteiger partial charge on any atom is 0.243 e. The average molecular weight is 294 g/mol. The Kier molecular flexibility index (Phi) is 6.21. The van der Waals surface area contributed by atoms with Gasteiger partial charge in [-0.25, -0.2) is 8.42 Å². The van der Waals surface area contributed by atoms with Crippen molar-refractivity contribution in [3.05, 3.63) is 29.3 Å². The summed E-state index contributed by atoms with van der Waals surface area (Å²) in [5, 5.41) is 0. The third kappa shape index (κ3) is 3.83. The van der Waals surface area contributed by atoms with Gasteiger partial charge in [-0.3, -0.25) is 0 Å². The fourth-order valence-corrected chi connectivity index (χ4v) is 3.56. The molecule has 2 N–H and O–H groups in total. The van der Waals surface area contributed by atoms with E-state index in [1.165, 1.54) is 4.31 Å². The van der Waals surface area contributed by atoms with Gasteiger partial charge in [0.1, 0.15) is 0 Å². The van der Waals surface area contributed by atoms with Crippen LogP contribution in [0.3, 0.4) is 0 Å². The Morgan fingerprint density at radius 3 is 2.50 bits per heavy atom. The smallest absolute Gasteiger partial charge is 0.243 e. The SMILES string of the molecule is CCCN(CC)S(=O)(=O)c1ccc(C#CCN)c(C)c1. The molecule has 0 radical (unpaired) electrons. The molecule has 5 heteroatoms. The Morgan fingerprint density at radius 2 is 2.00 bits per heavy atom. The summed E-state index contributed by atoms with van der Waals surface area (Å²) < 4.78 is 26.5. The predicted molar refractivity (Wildman–Crippen MR) is 81.8 cm³/mol. The highest BCUT2D eigenvalue weighted by Crippen LogP contribution is 2.19. The molecule has 0 atom stereocenters. The minimum Gasteiger partial charge on any atom is -0.320 e. The van der Waals surface area contributed by atoms with Crippen LogP contribution in [0.25, 0.3) is 0 Å². The van der Waals surface area contributed by atoms with E-state index in [1.807, 2.05) is 20.8 Å². The zero-order chi connectivity index (χ0) is 15.2. The molecule has 0 aromatic heterocycles. The topological polar surface area (TPSA) is 63.4 Å². The van der Waals surface area contributed by atoms with E-state index in [0.717, 1.165) is 17.5 Å². The molecule has 1 aromatic rings. The van der Waals surface area contributed by atoms with Crippen molar-refractivity contribution in [1.82, 2.24) is 4.31 Å². The van der Waals surface area contributed by atoms with E-state index in [1.54, 1.807) is 18.2 Å². The number of hydrogen-bond donors (Lipinski definition) is 1. The molecule has 0 fully saturated rings.